The Morgan fingerprint density at radius 1 is 1.43 bits per heavy atom. The molecule has 1 fully saturated rings. The predicted molar refractivity (Wildman–Crippen MR) is 81.8 cm³/mol. The summed E-state index contributed by atoms with van der Waals surface area (Å²) >= 11 is 0. The Hall–Kier alpha value is -0.980. The standard InChI is InChI=1S/C15H23FN2O2S/c1-21(19,20)18-8-4-5-12(11-18)9-14(17)10-13-6-2-3-7-15(13)16/h2-3,6-7,12,14H,4-5,8-11,17H2,1H3. The molecule has 21 heavy (non-hydrogen) atoms. The molecule has 0 aromatic heterocycles. The Morgan fingerprint density at radius 3 is 2.81 bits per heavy atom. The molecular weight excluding hydrogens is 291 g/mol. The van der Waals surface area contributed by atoms with E-state index in [2.05, 4.69) is 0 Å². The molecule has 2 atom stereocenters. The van der Waals surface area contributed by atoms with Crippen molar-refractivity contribution in [3.63, 3.8) is 0 Å². The molecule has 4 nitrogen and oxygen atoms in total. The summed E-state index contributed by atoms with van der Waals surface area (Å²) in [5.74, 6) is 0.0320. The van der Waals surface area contributed by atoms with E-state index in [4.69, 9.17) is 5.73 Å². The van der Waals surface area contributed by atoms with Crippen LogP contribution in [0.5, 0.6) is 0 Å². The third-order valence-electron chi connectivity index (χ3n) is 4.03. The molecule has 2 rings (SSSR count). The minimum Gasteiger partial charge on any atom is -0.327 e. The molecule has 2 N–H and O–H groups in total. The van der Waals surface area contributed by atoms with Gasteiger partial charge < -0.3 is 5.73 Å². The molecule has 1 saturated heterocycles. The van der Waals surface area contributed by atoms with Gasteiger partial charge in [0.05, 0.1) is 6.26 Å². The largest absolute Gasteiger partial charge is 0.327 e. The van der Waals surface area contributed by atoms with Gasteiger partial charge in [-0.2, -0.15) is 0 Å². The summed E-state index contributed by atoms with van der Waals surface area (Å²) < 4.78 is 38.3. The van der Waals surface area contributed by atoms with Gasteiger partial charge in [-0.05, 0) is 43.2 Å². The van der Waals surface area contributed by atoms with Crippen molar-refractivity contribution in [2.45, 2.75) is 31.7 Å². The first-order valence-corrected chi connectivity index (χ1v) is 9.15. The maximum absolute atomic E-state index is 13.6. The van der Waals surface area contributed by atoms with Crippen molar-refractivity contribution in [1.29, 1.82) is 0 Å². The van der Waals surface area contributed by atoms with Crippen LogP contribution in [0.1, 0.15) is 24.8 Å². The molecule has 0 radical (unpaired) electrons. The maximum Gasteiger partial charge on any atom is 0.211 e. The number of hydrogen-bond acceptors (Lipinski definition) is 3. The van der Waals surface area contributed by atoms with Crippen LogP contribution >= 0.6 is 0 Å². The van der Waals surface area contributed by atoms with Gasteiger partial charge in [0.15, 0.2) is 0 Å². The quantitative estimate of drug-likeness (QED) is 0.901. The molecule has 1 aliphatic heterocycles. The molecule has 1 aliphatic rings. The number of rotatable bonds is 5. The third-order valence-corrected chi connectivity index (χ3v) is 5.30. The van der Waals surface area contributed by atoms with E-state index in [0.29, 0.717) is 25.1 Å². The van der Waals surface area contributed by atoms with Crippen LogP contribution in [0.2, 0.25) is 0 Å². The molecule has 6 heteroatoms. The van der Waals surface area contributed by atoms with Gasteiger partial charge in [-0.15, -0.1) is 0 Å². The van der Waals surface area contributed by atoms with Crippen LogP contribution in [0.15, 0.2) is 24.3 Å². The number of nitrogens with two attached hydrogens (primary N) is 1. The monoisotopic (exact) mass is 314 g/mol. The summed E-state index contributed by atoms with van der Waals surface area (Å²) in [4.78, 5) is 0. The lowest BCUT2D eigenvalue weighted by molar-refractivity contribution is 0.246. The zero-order valence-corrected chi connectivity index (χ0v) is 13.2. The zero-order chi connectivity index (χ0) is 15.5. The van der Waals surface area contributed by atoms with Gasteiger partial charge in [0.1, 0.15) is 5.82 Å². The Morgan fingerprint density at radius 2 is 2.14 bits per heavy atom. The van der Waals surface area contributed by atoms with Gasteiger partial charge in [-0.25, -0.2) is 17.1 Å². The lowest BCUT2D eigenvalue weighted by Crippen LogP contribution is -2.41. The Balaban J connectivity index is 1.91. The van der Waals surface area contributed by atoms with E-state index in [0.717, 1.165) is 19.3 Å². The van der Waals surface area contributed by atoms with E-state index in [9.17, 15) is 12.8 Å². The Kier molecular flexibility index (Phi) is 5.35. The first-order chi connectivity index (χ1) is 9.86. The summed E-state index contributed by atoms with van der Waals surface area (Å²) in [6.07, 6.45) is 4.30. The fraction of sp³-hybridized carbons (Fsp3) is 0.600. The molecule has 2 unspecified atom stereocenters. The van der Waals surface area contributed by atoms with E-state index in [1.165, 1.54) is 16.6 Å². The van der Waals surface area contributed by atoms with Crippen molar-refractivity contribution in [2.75, 3.05) is 19.3 Å². The fourth-order valence-electron chi connectivity index (χ4n) is 2.98. The van der Waals surface area contributed by atoms with Crippen LogP contribution < -0.4 is 5.73 Å². The van der Waals surface area contributed by atoms with Crippen LogP contribution in [0.4, 0.5) is 4.39 Å². The molecule has 0 aliphatic carbocycles. The van der Waals surface area contributed by atoms with Gasteiger partial charge in [-0.3, -0.25) is 0 Å². The van der Waals surface area contributed by atoms with E-state index in [1.807, 2.05) is 0 Å². The van der Waals surface area contributed by atoms with Gasteiger partial charge in [0.25, 0.3) is 0 Å². The first-order valence-electron chi connectivity index (χ1n) is 7.30. The fourth-order valence-corrected chi connectivity index (χ4v) is 3.92. The number of benzene rings is 1. The van der Waals surface area contributed by atoms with E-state index in [1.54, 1.807) is 18.2 Å². The average molecular weight is 314 g/mol. The molecule has 1 aromatic carbocycles. The molecule has 1 heterocycles. The summed E-state index contributed by atoms with van der Waals surface area (Å²) in [5.41, 5.74) is 6.75. The van der Waals surface area contributed by atoms with E-state index >= 15 is 0 Å². The van der Waals surface area contributed by atoms with Crippen LogP contribution in [-0.4, -0.2) is 38.1 Å². The van der Waals surface area contributed by atoms with Crippen molar-refractivity contribution in [2.24, 2.45) is 11.7 Å². The van der Waals surface area contributed by atoms with Crippen molar-refractivity contribution >= 4 is 10.0 Å². The highest BCUT2D eigenvalue weighted by Gasteiger charge is 2.27. The van der Waals surface area contributed by atoms with Crippen molar-refractivity contribution in [3.05, 3.63) is 35.6 Å². The molecule has 0 bridgehead atoms. The highest BCUT2D eigenvalue weighted by atomic mass is 32.2. The minimum absolute atomic E-state index is 0.147. The van der Waals surface area contributed by atoms with Crippen molar-refractivity contribution < 1.29 is 12.8 Å². The molecule has 0 amide bonds. The highest BCUT2D eigenvalue weighted by Crippen LogP contribution is 2.23. The van der Waals surface area contributed by atoms with E-state index in [-0.39, 0.29) is 17.8 Å². The highest BCUT2D eigenvalue weighted by molar-refractivity contribution is 7.88. The van der Waals surface area contributed by atoms with Crippen molar-refractivity contribution in [1.82, 2.24) is 4.31 Å². The van der Waals surface area contributed by atoms with Crippen LogP contribution in [0.3, 0.4) is 0 Å². The molecule has 0 spiro atoms. The lowest BCUT2D eigenvalue weighted by atomic mass is 9.90. The van der Waals surface area contributed by atoms with Crippen LogP contribution in [-0.2, 0) is 16.4 Å². The Bertz CT molecular complexity index is 577. The number of nitrogens with zero attached hydrogens (tertiary/aromatic N) is 1. The molecule has 118 valence electrons. The number of piperidine rings is 1. The second-order valence-electron chi connectivity index (χ2n) is 5.92. The van der Waals surface area contributed by atoms with Gasteiger partial charge >= 0.3 is 0 Å². The molecule has 0 saturated carbocycles. The Labute approximate surface area is 126 Å². The maximum atomic E-state index is 13.6. The van der Waals surface area contributed by atoms with Gasteiger partial charge in [-0.1, -0.05) is 18.2 Å². The molecular formula is C15H23FN2O2S. The summed E-state index contributed by atoms with van der Waals surface area (Å²) in [7, 11) is -3.13. The number of hydrogen-bond donors (Lipinski definition) is 1. The van der Waals surface area contributed by atoms with Crippen LogP contribution in [0.25, 0.3) is 0 Å². The van der Waals surface area contributed by atoms with Crippen LogP contribution in [0, 0.1) is 11.7 Å². The third kappa shape index (κ3) is 4.76. The average Bonchev–Trinajstić information content (AvgIpc) is 2.41. The minimum atomic E-state index is -3.13. The summed E-state index contributed by atoms with van der Waals surface area (Å²) in [6.45, 7) is 1.13. The number of sulfonamides is 1. The first kappa shape index (κ1) is 16.4. The van der Waals surface area contributed by atoms with E-state index < -0.39 is 10.0 Å². The second-order valence-corrected chi connectivity index (χ2v) is 7.90. The molecule has 1 aromatic rings. The summed E-state index contributed by atoms with van der Waals surface area (Å²) in [6, 6.07) is 6.51. The second kappa shape index (κ2) is 6.85. The zero-order valence-electron chi connectivity index (χ0n) is 12.3. The lowest BCUT2D eigenvalue weighted by Gasteiger charge is -2.32. The topological polar surface area (TPSA) is 63.4 Å². The predicted octanol–water partition coefficient (Wildman–Crippen LogP) is 1.76. The van der Waals surface area contributed by atoms with Gasteiger partial charge in [0, 0.05) is 19.1 Å². The SMILES string of the molecule is CS(=O)(=O)N1CCCC(CC(N)Cc2ccccc2F)C1. The normalized spacial score (nSPS) is 22.1. The smallest absolute Gasteiger partial charge is 0.211 e. The summed E-state index contributed by atoms with van der Waals surface area (Å²) in [5, 5.41) is 0. The van der Waals surface area contributed by atoms with Crippen molar-refractivity contribution in [3.8, 4) is 0 Å². The van der Waals surface area contributed by atoms with Gasteiger partial charge in [0.2, 0.25) is 10.0 Å². The number of halogens is 1.